The molecule has 0 heterocycles. The number of hydrogen-bond donors (Lipinski definition) is 2. The Morgan fingerprint density at radius 3 is 2.04 bits per heavy atom. The van der Waals surface area contributed by atoms with Crippen molar-refractivity contribution in [3.63, 3.8) is 0 Å². The smallest absolute Gasteiger partial charge is 0.251 e. The molecule has 0 spiro atoms. The summed E-state index contributed by atoms with van der Waals surface area (Å²) in [6.45, 7) is 4.71. The van der Waals surface area contributed by atoms with Crippen molar-refractivity contribution in [1.29, 1.82) is 0 Å². The molecule has 0 aliphatic rings. The van der Waals surface area contributed by atoms with Crippen LogP contribution in [-0.4, -0.2) is 41.6 Å². The van der Waals surface area contributed by atoms with E-state index in [-0.39, 0.29) is 11.8 Å². The molecule has 2 N–H and O–H groups in total. The van der Waals surface area contributed by atoms with Gasteiger partial charge in [-0.1, -0.05) is 36.4 Å². The third-order valence-electron chi connectivity index (χ3n) is 3.40. The molecule has 2 amide bonds. The average Bonchev–Trinajstić information content (AvgIpc) is 2.68. The quantitative estimate of drug-likeness (QED) is 0.804. The second kappa shape index (κ2) is 11.2. The van der Waals surface area contributed by atoms with Gasteiger partial charge < -0.3 is 15.1 Å². The van der Waals surface area contributed by atoms with Crippen LogP contribution in [0.25, 0.3) is 0 Å². The molecule has 0 saturated carbocycles. The summed E-state index contributed by atoms with van der Waals surface area (Å²) in [7, 11) is 2.20. The zero-order chi connectivity index (χ0) is 18.7. The first-order valence-electron chi connectivity index (χ1n) is 8.10. The van der Waals surface area contributed by atoms with Gasteiger partial charge in [-0.2, -0.15) is 0 Å². The number of carbonyl (C=O) groups is 2. The van der Waals surface area contributed by atoms with Crippen LogP contribution in [-0.2, 0) is 4.43 Å². The largest absolute Gasteiger partial charge is 0.412 e. The van der Waals surface area contributed by atoms with E-state index in [2.05, 4.69) is 17.2 Å². The van der Waals surface area contributed by atoms with Gasteiger partial charge in [0.2, 0.25) is 9.04 Å². The molecular formula is C19H25N2O3Si. The highest BCUT2D eigenvalue weighted by molar-refractivity contribution is 6.67. The third kappa shape index (κ3) is 6.52. The Hall–Kier alpha value is -2.44. The summed E-state index contributed by atoms with van der Waals surface area (Å²) in [5, 5.41) is 6.21. The predicted octanol–water partition coefficient (Wildman–Crippen LogP) is 1.96. The standard InChI is InChI=1S/C11H16NO2Si.C8H9NO/c1-4-14-15(3)10-8-6-5-7-9(10)11(13)12-2;1-9-8(10)7-5-3-2-4-6-7/h5-8H,4H2,1-3H3,(H,12,13);2-6H,1H3,(H,9,10). The van der Waals surface area contributed by atoms with Crippen molar-refractivity contribution in [1.82, 2.24) is 10.6 Å². The Labute approximate surface area is 151 Å². The first kappa shape index (κ1) is 20.6. The van der Waals surface area contributed by atoms with E-state index < -0.39 is 9.04 Å². The van der Waals surface area contributed by atoms with Crippen molar-refractivity contribution in [2.75, 3.05) is 20.7 Å². The van der Waals surface area contributed by atoms with Gasteiger partial charge in [-0.05, 0) is 36.9 Å². The number of benzene rings is 2. The maximum atomic E-state index is 11.6. The molecule has 0 saturated heterocycles. The van der Waals surface area contributed by atoms with Crippen molar-refractivity contribution in [3.05, 3.63) is 65.7 Å². The van der Waals surface area contributed by atoms with Crippen LogP contribution in [0.5, 0.6) is 0 Å². The molecule has 0 bridgehead atoms. The lowest BCUT2D eigenvalue weighted by molar-refractivity contribution is 0.0955. The molecule has 25 heavy (non-hydrogen) atoms. The topological polar surface area (TPSA) is 67.4 Å². The van der Waals surface area contributed by atoms with Crippen LogP contribution < -0.4 is 15.8 Å². The van der Waals surface area contributed by atoms with Crippen LogP contribution in [0.2, 0.25) is 6.55 Å². The maximum Gasteiger partial charge on any atom is 0.251 e. The van der Waals surface area contributed by atoms with Crippen molar-refractivity contribution < 1.29 is 14.0 Å². The SMILES string of the molecule is CCO[Si](C)c1ccccc1C(=O)NC.CNC(=O)c1ccccc1. The molecule has 1 radical (unpaired) electrons. The van der Waals surface area contributed by atoms with Gasteiger partial charge in [0.05, 0.1) is 0 Å². The number of carbonyl (C=O) groups excluding carboxylic acids is 2. The van der Waals surface area contributed by atoms with E-state index in [1.807, 2.05) is 49.4 Å². The molecule has 0 aliphatic heterocycles. The minimum Gasteiger partial charge on any atom is -0.412 e. The normalized spacial score (nSPS) is 9.80. The minimum atomic E-state index is -1.06. The summed E-state index contributed by atoms with van der Waals surface area (Å²) in [5.41, 5.74) is 1.43. The Morgan fingerprint density at radius 1 is 0.920 bits per heavy atom. The first-order valence-corrected chi connectivity index (χ1v) is 10.0. The highest BCUT2D eigenvalue weighted by atomic mass is 28.3. The minimum absolute atomic E-state index is 0.0411. The van der Waals surface area contributed by atoms with E-state index in [0.29, 0.717) is 12.2 Å². The summed E-state index contributed by atoms with van der Waals surface area (Å²) in [6.07, 6.45) is 0. The van der Waals surface area contributed by atoms with Gasteiger partial charge in [-0.15, -0.1) is 0 Å². The molecule has 5 nitrogen and oxygen atoms in total. The monoisotopic (exact) mass is 357 g/mol. The molecular weight excluding hydrogens is 332 g/mol. The zero-order valence-corrected chi connectivity index (χ0v) is 16.1. The van der Waals surface area contributed by atoms with Gasteiger partial charge in [0.15, 0.2) is 0 Å². The molecule has 0 aromatic heterocycles. The summed E-state index contributed by atoms with van der Waals surface area (Å²) >= 11 is 0. The summed E-state index contributed by atoms with van der Waals surface area (Å²) in [4.78, 5) is 22.5. The highest BCUT2D eigenvalue weighted by Crippen LogP contribution is 2.00. The van der Waals surface area contributed by atoms with E-state index in [1.54, 1.807) is 26.2 Å². The molecule has 6 heteroatoms. The van der Waals surface area contributed by atoms with Gasteiger partial charge in [0.25, 0.3) is 11.8 Å². The van der Waals surface area contributed by atoms with E-state index in [9.17, 15) is 9.59 Å². The van der Waals surface area contributed by atoms with Crippen molar-refractivity contribution in [2.45, 2.75) is 13.5 Å². The number of hydrogen-bond acceptors (Lipinski definition) is 3. The maximum absolute atomic E-state index is 11.6. The van der Waals surface area contributed by atoms with Gasteiger partial charge in [-0.25, -0.2) is 0 Å². The Bertz CT molecular complexity index is 677. The fraction of sp³-hybridized carbons (Fsp3) is 0.263. The third-order valence-corrected chi connectivity index (χ3v) is 5.32. The zero-order valence-electron chi connectivity index (χ0n) is 15.1. The summed E-state index contributed by atoms with van der Waals surface area (Å²) in [5.74, 6) is -0.0877. The summed E-state index contributed by atoms with van der Waals surface area (Å²) < 4.78 is 5.59. The molecule has 2 aromatic rings. The van der Waals surface area contributed by atoms with E-state index in [4.69, 9.17) is 4.43 Å². The van der Waals surface area contributed by atoms with Crippen molar-refractivity contribution in [2.24, 2.45) is 0 Å². The molecule has 2 aromatic carbocycles. The second-order valence-corrected chi connectivity index (χ2v) is 7.00. The molecule has 2 rings (SSSR count). The predicted molar refractivity (Wildman–Crippen MR) is 103 cm³/mol. The number of amides is 2. The summed E-state index contributed by atoms with van der Waals surface area (Å²) in [6, 6.07) is 16.7. The van der Waals surface area contributed by atoms with Crippen LogP contribution in [0.1, 0.15) is 27.6 Å². The van der Waals surface area contributed by atoms with Crippen LogP contribution in [0, 0.1) is 0 Å². The lowest BCUT2D eigenvalue weighted by Crippen LogP contribution is -2.37. The van der Waals surface area contributed by atoms with Gasteiger partial charge >= 0.3 is 0 Å². The van der Waals surface area contributed by atoms with Crippen molar-refractivity contribution >= 4 is 26.0 Å². The van der Waals surface area contributed by atoms with Crippen LogP contribution >= 0.6 is 0 Å². The fourth-order valence-electron chi connectivity index (χ4n) is 2.15. The first-order chi connectivity index (χ1) is 12.0. The van der Waals surface area contributed by atoms with Gasteiger partial charge in [0.1, 0.15) is 0 Å². The van der Waals surface area contributed by atoms with E-state index >= 15 is 0 Å². The second-order valence-electron chi connectivity index (χ2n) is 5.06. The molecule has 0 unspecified atom stereocenters. The fourth-order valence-corrected chi connectivity index (χ4v) is 3.65. The number of nitrogens with one attached hydrogen (secondary N) is 2. The molecule has 0 fully saturated rings. The lowest BCUT2D eigenvalue weighted by Gasteiger charge is -2.13. The molecule has 0 atom stereocenters. The number of rotatable bonds is 5. The molecule has 133 valence electrons. The van der Waals surface area contributed by atoms with E-state index in [1.165, 1.54) is 0 Å². The van der Waals surface area contributed by atoms with Crippen LogP contribution in [0.4, 0.5) is 0 Å². The Kier molecular flexibility index (Phi) is 9.21. The Morgan fingerprint density at radius 2 is 1.48 bits per heavy atom. The lowest BCUT2D eigenvalue weighted by atomic mass is 10.2. The van der Waals surface area contributed by atoms with E-state index in [0.717, 1.165) is 10.8 Å². The molecule has 0 aliphatic carbocycles. The highest BCUT2D eigenvalue weighted by Gasteiger charge is 2.16. The van der Waals surface area contributed by atoms with Gasteiger partial charge in [-0.3, -0.25) is 9.59 Å². The Balaban J connectivity index is 0.000000271. The van der Waals surface area contributed by atoms with Crippen LogP contribution in [0.15, 0.2) is 54.6 Å². The van der Waals surface area contributed by atoms with Crippen molar-refractivity contribution in [3.8, 4) is 0 Å². The van der Waals surface area contributed by atoms with Crippen LogP contribution in [0.3, 0.4) is 0 Å². The van der Waals surface area contributed by atoms with Gasteiger partial charge in [0, 0.05) is 31.8 Å². The average molecular weight is 358 g/mol.